The van der Waals surface area contributed by atoms with Gasteiger partial charge in [-0.1, -0.05) is 11.3 Å². The van der Waals surface area contributed by atoms with E-state index in [4.69, 9.17) is 5.84 Å². The molecule has 0 aliphatic carbocycles. The van der Waals surface area contributed by atoms with Gasteiger partial charge in [-0.05, 0) is 6.92 Å². The summed E-state index contributed by atoms with van der Waals surface area (Å²) in [6.45, 7) is 2.32. The lowest BCUT2D eigenvalue weighted by atomic mass is 10.2. The molecule has 1 atom stereocenters. The highest BCUT2D eigenvalue weighted by atomic mass is 32.1. The average molecular weight is 256 g/mol. The van der Waals surface area contributed by atoms with Crippen LogP contribution in [0.4, 0.5) is 5.13 Å². The lowest BCUT2D eigenvalue weighted by Gasteiger charge is -2.30. The maximum Gasteiger partial charge on any atom is 0.243 e. The van der Waals surface area contributed by atoms with Crippen LogP contribution in [0.2, 0.25) is 0 Å². The minimum atomic E-state index is -0.356. The Bertz CT molecular complexity index is 447. The van der Waals surface area contributed by atoms with Crippen molar-refractivity contribution in [2.24, 2.45) is 5.84 Å². The summed E-state index contributed by atoms with van der Waals surface area (Å²) < 4.78 is 0. The summed E-state index contributed by atoms with van der Waals surface area (Å²) in [4.78, 5) is 24.4. The molecule has 1 aromatic rings. The van der Waals surface area contributed by atoms with Gasteiger partial charge in [-0.25, -0.2) is 5.84 Å². The van der Waals surface area contributed by atoms with E-state index >= 15 is 0 Å². The van der Waals surface area contributed by atoms with Crippen molar-refractivity contribution in [1.82, 2.24) is 20.4 Å². The van der Waals surface area contributed by atoms with Gasteiger partial charge in [0.25, 0.3) is 0 Å². The Morgan fingerprint density at radius 3 is 3.00 bits per heavy atom. The molecule has 2 amide bonds. The van der Waals surface area contributed by atoms with E-state index < -0.39 is 0 Å². The standard InChI is InChI=1S/C8H12N6O2S/c1-4-7(16)10-5(15)2-14(4)3-6-12-13-8(11-9)17-6/h4H,2-3,9H2,1H3,(H,11,13)(H,10,15,16). The van der Waals surface area contributed by atoms with E-state index in [9.17, 15) is 9.59 Å². The second-order valence-corrected chi connectivity index (χ2v) is 4.70. The predicted molar refractivity (Wildman–Crippen MR) is 60.7 cm³/mol. The average Bonchev–Trinajstić information content (AvgIpc) is 2.73. The summed E-state index contributed by atoms with van der Waals surface area (Å²) in [7, 11) is 0. The molecule has 1 saturated heterocycles. The van der Waals surface area contributed by atoms with Crippen molar-refractivity contribution >= 4 is 28.3 Å². The first kappa shape index (κ1) is 11.9. The Morgan fingerprint density at radius 2 is 2.35 bits per heavy atom. The van der Waals surface area contributed by atoms with Crippen molar-refractivity contribution in [3.05, 3.63) is 5.01 Å². The molecule has 1 aliphatic heterocycles. The Hall–Kier alpha value is -1.58. The number of imide groups is 1. The number of nitrogen functional groups attached to an aromatic ring is 1. The Morgan fingerprint density at radius 1 is 1.59 bits per heavy atom. The van der Waals surface area contributed by atoms with Gasteiger partial charge in [0.05, 0.1) is 19.1 Å². The van der Waals surface area contributed by atoms with E-state index in [1.165, 1.54) is 11.3 Å². The van der Waals surface area contributed by atoms with Crippen LogP contribution in [0, 0.1) is 0 Å². The van der Waals surface area contributed by atoms with Crippen LogP contribution in [0.25, 0.3) is 0 Å². The molecule has 92 valence electrons. The lowest BCUT2D eigenvalue weighted by Crippen LogP contribution is -2.56. The minimum Gasteiger partial charge on any atom is -0.298 e. The van der Waals surface area contributed by atoms with E-state index in [2.05, 4.69) is 20.9 Å². The van der Waals surface area contributed by atoms with Crippen molar-refractivity contribution < 1.29 is 9.59 Å². The van der Waals surface area contributed by atoms with Crippen LogP contribution in [0.5, 0.6) is 0 Å². The van der Waals surface area contributed by atoms with Gasteiger partial charge in [-0.15, -0.1) is 10.2 Å². The molecule has 0 aromatic carbocycles. The van der Waals surface area contributed by atoms with Crippen LogP contribution in [-0.4, -0.2) is 39.5 Å². The zero-order chi connectivity index (χ0) is 12.4. The molecule has 0 radical (unpaired) electrons. The summed E-state index contributed by atoms with van der Waals surface area (Å²) in [6.07, 6.45) is 0. The fraction of sp³-hybridized carbons (Fsp3) is 0.500. The Labute approximate surface area is 101 Å². The number of nitrogens with two attached hydrogens (primary N) is 1. The van der Waals surface area contributed by atoms with Crippen molar-refractivity contribution in [1.29, 1.82) is 0 Å². The largest absolute Gasteiger partial charge is 0.298 e. The number of hydrazine groups is 1. The van der Waals surface area contributed by atoms with Gasteiger partial charge in [0.15, 0.2) is 0 Å². The van der Waals surface area contributed by atoms with E-state index in [1.54, 1.807) is 11.8 Å². The number of carbonyl (C=O) groups excluding carboxylic acids is 2. The third-order valence-corrected chi connectivity index (χ3v) is 3.30. The smallest absolute Gasteiger partial charge is 0.243 e. The zero-order valence-corrected chi connectivity index (χ0v) is 9.95. The molecule has 4 N–H and O–H groups in total. The molecular weight excluding hydrogens is 244 g/mol. The molecular formula is C8H12N6O2S. The topological polar surface area (TPSA) is 113 Å². The minimum absolute atomic E-state index is 0.178. The second kappa shape index (κ2) is 4.73. The summed E-state index contributed by atoms with van der Waals surface area (Å²) in [5.41, 5.74) is 2.39. The zero-order valence-electron chi connectivity index (χ0n) is 9.14. The van der Waals surface area contributed by atoms with E-state index in [0.717, 1.165) is 0 Å². The molecule has 0 spiro atoms. The van der Waals surface area contributed by atoms with Crippen LogP contribution in [0.15, 0.2) is 0 Å². The van der Waals surface area contributed by atoms with Crippen molar-refractivity contribution in [2.45, 2.75) is 19.5 Å². The highest BCUT2D eigenvalue weighted by molar-refractivity contribution is 7.15. The first-order valence-electron chi connectivity index (χ1n) is 4.97. The third kappa shape index (κ3) is 2.57. The van der Waals surface area contributed by atoms with Gasteiger partial charge in [0.1, 0.15) is 5.01 Å². The van der Waals surface area contributed by atoms with Gasteiger partial charge in [0.2, 0.25) is 16.9 Å². The number of nitrogens with one attached hydrogen (secondary N) is 2. The lowest BCUT2D eigenvalue weighted by molar-refractivity contribution is -0.139. The van der Waals surface area contributed by atoms with Gasteiger partial charge >= 0.3 is 0 Å². The van der Waals surface area contributed by atoms with Gasteiger partial charge in [0, 0.05) is 0 Å². The van der Waals surface area contributed by atoms with Gasteiger partial charge in [-0.3, -0.25) is 25.2 Å². The first-order valence-corrected chi connectivity index (χ1v) is 5.78. The van der Waals surface area contributed by atoms with Crippen molar-refractivity contribution in [2.75, 3.05) is 12.0 Å². The molecule has 8 nitrogen and oxygen atoms in total. The molecule has 1 aromatic heterocycles. The number of hydrogen-bond donors (Lipinski definition) is 3. The maximum absolute atomic E-state index is 11.4. The molecule has 9 heteroatoms. The molecule has 2 rings (SSSR count). The number of carbonyl (C=O) groups is 2. The summed E-state index contributed by atoms with van der Waals surface area (Å²) in [5, 5.41) is 11.2. The molecule has 0 saturated carbocycles. The predicted octanol–water partition coefficient (Wildman–Crippen LogP) is -1.33. The fourth-order valence-electron chi connectivity index (χ4n) is 1.51. The number of rotatable bonds is 3. The van der Waals surface area contributed by atoms with Crippen LogP contribution >= 0.6 is 11.3 Å². The molecule has 0 bridgehead atoms. The number of anilines is 1. The van der Waals surface area contributed by atoms with Crippen LogP contribution in [-0.2, 0) is 16.1 Å². The third-order valence-electron chi connectivity index (χ3n) is 2.47. The quantitative estimate of drug-likeness (QED) is 0.349. The van der Waals surface area contributed by atoms with Crippen molar-refractivity contribution in [3.63, 3.8) is 0 Å². The van der Waals surface area contributed by atoms with E-state index in [-0.39, 0.29) is 24.4 Å². The highest BCUT2D eigenvalue weighted by Crippen LogP contribution is 2.17. The SMILES string of the molecule is CC1C(=O)NC(=O)CN1Cc1nnc(NN)s1. The van der Waals surface area contributed by atoms with E-state index in [0.29, 0.717) is 16.7 Å². The maximum atomic E-state index is 11.4. The monoisotopic (exact) mass is 256 g/mol. The fourth-order valence-corrected chi connectivity index (χ4v) is 2.19. The van der Waals surface area contributed by atoms with Crippen LogP contribution in [0.1, 0.15) is 11.9 Å². The summed E-state index contributed by atoms with van der Waals surface area (Å²) >= 11 is 1.29. The Balaban J connectivity index is 2.06. The number of nitrogens with zero attached hydrogens (tertiary/aromatic N) is 3. The molecule has 1 aliphatic rings. The highest BCUT2D eigenvalue weighted by Gasteiger charge is 2.30. The number of hydrogen-bond acceptors (Lipinski definition) is 8. The van der Waals surface area contributed by atoms with Crippen molar-refractivity contribution in [3.8, 4) is 0 Å². The van der Waals surface area contributed by atoms with E-state index in [1.807, 2.05) is 0 Å². The van der Waals surface area contributed by atoms with Gasteiger partial charge in [-0.2, -0.15) is 0 Å². The summed E-state index contributed by atoms with van der Waals surface area (Å²) in [5.74, 6) is 4.61. The molecule has 2 heterocycles. The number of amides is 2. The molecule has 1 unspecified atom stereocenters. The molecule has 1 fully saturated rings. The normalized spacial score (nSPS) is 21.4. The number of piperazine rings is 1. The Kier molecular flexibility index (Phi) is 3.31. The van der Waals surface area contributed by atoms with Gasteiger partial charge < -0.3 is 0 Å². The van der Waals surface area contributed by atoms with Crippen LogP contribution in [0.3, 0.4) is 0 Å². The summed E-state index contributed by atoms with van der Waals surface area (Å²) in [6, 6.07) is -0.356. The van der Waals surface area contributed by atoms with Crippen LogP contribution < -0.4 is 16.6 Å². The second-order valence-electron chi connectivity index (χ2n) is 3.64. The first-order chi connectivity index (χ1) is 8.10. The number of aromatic nitrogens is 2. The molecule has 17 heavy (non-hydrogen) atoms.